The van der Waals surface area contributed by atoms with Crippen molar-refractivity contribution in [2.24, 2.45) is 0 Å². The Morgan fingerprint density at radius 3 is 0.600 bits per heavy atom. The Hall–Kier alpha value is 2.64. The molecule has 0 spiro atoms. The second-order valence-electron chi connectivity index (χ2n) is 0. The maximum atomic E-state index is 0. The second-order valence-corrected chi connectivity index (χ2v) is 0. The molecule has 0 saturated heterocycles. The first-order chi connectivity index (χ1) is 0. The summed E-state index contributed by atoms with van der Waals surface area (Å²) in [5.41, 5.74) is 0. The van der Waals surface area contributed by atoms with Gasteiger partial charge in [0.15, 0.2) is 0 Å². The van der Waals surface area contributed by atoms with E-state index < -0.39 is 0 Å². The number of hydrogen-bond donors (Lipinski definition) is 0. The van der Waals surface area contributed by atoms with E-state index in [0.717, 1.165) is 0 Å². The van der Waals surface area contributed by atoms with Crippen molar-refractivity contribution in [1.82, 2.24) is 0 Å². The van der Waals surface area contributed by atoms with Gasteiger partial charge in [-0.1, -0.05) is 0 Å². The van der Waals surface area contributed by atoms with Crippen LogP contribution in [-0.2, 0) is 50.2 Å². The molecule has 0 aromatic carbocycles. The van der Waals surface area contributed by atoms with Crippen molar-refractivity contribution in [3.05, 3.63) is 0 Å². The van der Waals surface area contributed by atoms with Gasteiger partial charge in [0.25, 0.3) is 0 Å². The van der Waals surface area contributed by atoms with Gasteiger partial charge in [0.1, 0.15) is 0 Å². The number of hydrogen-bond acceptors (Lipinski definition) is 0. The summed E-state index contributed by atoms with van der Waals surface area (Å²) in [5, 5.41) is 0. The Morgan fingerprint density at radius 2 is 0.600 bits per heavy atom. The first-order valence-corrected chi connectivity index (χ1v) is 0. The van der Waals surface area contributed by atoms with Crippen molar-refractivity contribution in [2.45, 2.75) is 0 Å². The van der Waals surface area contributed by atoms with Gasteiger partial charge in [-0.2, -0.15) is 0 Å². The zero-order valence-corrected chi connectivity index (χ0v) is 3.98. The van der Waals surface area contributed by atoms with Crippen LogP contribution in [0.15, 0.2) is 0 Å². The van der Waals surface area contributed by atoms with E-state index >= 15 is 0 Å². The van der Waals surface area contributed by atoms with E-state index in [1.54, 1.807) is 0 Å². The fraction of sp³-hybridized carbons (Fsp3) is 0. The summed E-state index contributed by atoms with van der Waals surface area (Å²) in [7, 11) is 0. The molecule has 1 nitrogen and oxygen atoms in total. The summed E-state index contributed by atoms with van der Waals surface area (Å²) < 4.78 is 0. The molecule has 0 aliphatic heterocycles. The third kappa shape index (κ3) is 20.5. The number of rotatable bonds is 0. The Balaban J connectivity index is 0. The summed E-state index contributed by atoms with van der Waals surface area (Å²) >= 11 is 0. The monoisotopic (exact) mass is 246 g/mol. The van der Waals surface area contributed by atoms with Crippen LogP contribution >= 0.6 is 0 Å². The van der Waals surface area contributed by atoms with E-state index in [-0.39, 0.29) is 88.0 Å². The predicted molar refractivity (Wildman–Crippen MR) is 15.0 cm³/mol. The van der Waals surface area contributed by atoms with Gasteiger partial charge in [-0.15, -0.1) is 0 Å². The third-order valence-electron chi connectivity index (χ3n) is 0. The van der Waals surface area contributed by atoms with Crippen molar-refractivity contribution >= 4 is 37.7 Å². The predicted octanol–water partition coefficient (Wildman–Crippen LogP) is -1.42. The molecule has 0 unspecified atom stereocenters. The van der Waals surface area contributed by atoms with Crippen molar-refractivity contribution in [1.29, 1.82) is 0 Å². The molecule has 0 aromatic heterocycles. The van der Waals surface area contributed by atoms with Crippen molar-refractivity contribution in [3.63, 3.8) is 0 Å². The van der Waals surface area contributed by atoms with E-state index in [4.69, 9.17) is 0 Å². The average Bonchev–Trinajstić information content (AvgIpc) is 0. The zero-order valence-electron chi connectivity index (χ0n) is 1.01. The Bertz CT molecular complexity index is 7.61. The molecule has 0 atom stereocenters. The molecule has 0 amide bonds. The summed E-state index contributed by atoms with van der Waals surface area (Å²) in [6, 6.07) is 0. The van der Waals surface area contributed by atoms with E-state index in [9.17, 15) is 0 Å². The minimum Gasteiger partial charge on any atom is -2.00 e. The van der Waals surface area contributed by atoms with E-state index in [0.29, 0.717) is 0 Å². The van der Waals surface area contributed by atoms with E-state index in [1.165, 1.54) is 0 Å². The molecule has 32 valence electrons. The van der Waals surface area contributed by atoms with Gasteiger partial charge in [0, 0.05) is 0 Å². The van der Waals surface area contributed by atoms with Crippen LogP contribution in [0.25, 0.3) is 0 Å². The molecule has 0 radical (unpaired) electrons. The van der Waals surface area contributed by atoms with Crippen LogP contribution < -0.4 is 0 Å². The van der Waals surface area contributed by atoms with Gasteiger partial charge in [-0.25, -0.2) is 0 Å². The molecule has 0 saturated carbocycles. The van der Waals surface area contributed by atoms with Crippen LogP contribution in [0.4, 0.5) is 0 Å². The van der Waals surface area contributed by atoms with Crippen LogP contribution in [0.2, 0.25) is 0 Å². The molecule has 0 rings (SSSR count). The molecule has 5 heteroatoms. The van der Waals surface area contributed by atoms with Gasteiger partial charge in [-0.05, 0) is 0 Å². The standard InChI is InChI=1S/2Ag.2Li.O.2H/q2*+1;;;-2;;. The molecule has 0 aliphatic carbocycles. The molecule has 0 fully saturated rings. The van der Waals surface area contributed by atoms with Crippen LogP contribution in [-0.4, -0.2) is 37.7 Å². The molecular formula is H2Ag2Li2O. The minimum atomic E-state index is 0. The van der Waals surface area contributed by atoms with E-state index in [2.05, 4.69) is 0 Å². The maximum absolute atomic E-state index is 0. The van der Waals surface area contributed by atoms with Gasteiger partial charge in [0.2, 0.25) is 0 Å². The molecule has 0 bridgehead atoms. The summed E-state index contributed by atoms with van der Waals surface area (Å²) in [4.78, 5) is 0. The Kier molecular flexibility index (Phi) is 294. The molecule has 0 aliphatic rings. The Labute approximate surface area is 86.7 Å². The first kappa shape index (κ1) is 48.4. The smallest absolute Gasteiger partial charge is 2.00 e. The van der Waals surface area contributed by atoms with Gasteiger partial charge in [-0.3, -0.25) is 0 Å². The van der Waals surface area contributed by atoms with Crippen molar-refractivity contribution in [3.8, 4) is 0 Å². The first-order valence-electron chi connectivity index (χ1n) is 0. The van der Waals surface area contributed by atoms with Crippen LogP contribution in [0, 0.1) is 0 Å². The normalized spacial score (nSPS) is 0. The molecule has 0 N–H and O–H groups in total. The molecule has 5 heavy (non-hydrogen) atoms. The third-order valence-corrected chi connectivity index (χ3v) is 0. The SMILES string of the molecule is [Ag+].[Ag+].[LiH].[LiH].[O-2]. The van der Waals surface area contributed by atoms with Gasteiger partial charge >= 0.3 is 82.5 Å². The molecular weight excluding hydrogens is 246 g/mol. The summed E-state index contributed by atoms with van der Waals surface area (Å²) in [6.45, 7) is 0. The summed E-state index contributed by atoms with van der Waals surface area (Å²) in [5.74, 6) is 0. The minimum absolute atomic E-state index is 0. The molecule has 0 heterocycles. The molecule has 0 aromatic rings. The van der Waals surface area contributed by atoms with Crippen molar-refractivity contribution < 1.29 is 50.2 Å². The van der Waals surface area contributed by atoms with Crippen LogP contribution in [0.1, 0.15) is 0 Å². The van der Waals surface area contributed by atoms with Crippen LogP contribution in [0.5, 0.6) is 0 Å². The van der Waals surface area contributed by atoms with E-state index in [1.807, 2.05) is 0 Å². The van der Waals surface area contributed by atoms with Gasteiger partial charge in [0.05, 0.1) is 0 Å². The largest absolute Gasteiger partial charge is 2.00 e. The topological polar surface area (TPSA) is 28.5 Å². The van der Waals surface area contributed by atoms with Crippen LogP contribution in [0.3, 0.4) is 0 Å². The van der Waals surface area contributed by atoms with Crippen molar-refractivity contribution in [2.75, 3.05) is 0 Å². The fourth-order valence-corrected chi connectivity index (χ4v) is 0. The fourth-order valence-electron chi connectivity index (χ4n) is 0. The zero-order chi connectivity index (χ0) is 0. The summed E-state index contributed by atoms with van der Waals surface area (Å²) in [6.07, 6.45) is 0. The quantitative estimate of drug-likeness (QED) is 0.470. The Morgan fingerprint density at radius 1 is 0.600 bits per heavy atom. The maximum Gasteiger partial charge on any atom is -2.00 e. The van der Waals surface area contributed by atoms with Gasteiger partial charge < -0.3 is 5.48 Å². The average molecular weight is 248 g/mol. The second kappa shape index (κ2) is 30.3.